The van der Waals surface area contributed by atoms with Crippen LogP contribution in [0.1, 0.15) is 13.8 Å². The third kappa shape index (κ3) is 3.77. The van der Waals surface area contributed by atoms with Gasteiger partial charge in [-0.05, 0) is 19.9 Å². The van der Waals surface area contributed by atoms with Crippen LogP contribution in [0.15, 0.2) is 11.8 Å². The molecule has 0 heterocycles. The van der Waals surface area contributed by atoms with Crippen LogP contribution >= 0.6 is 12.2 Å². The average molecular weight is 131 g/mol. The van der Waals surface area contributed by atoms with Crippen LogP contribution in [-0.2, 0) is 0 Å². The quantitative estimate of drug-likeness (QED) is 0.336. The number of rotatable bonds is 2. The van der Waals surface area contributed by atoms with E-state index in [1.807, 2.05) is 5.48 Å². The summed E-state index contributed by atoms with van der Waals surface area (Å²) < 4.78 is 0. The lowest BCUT2D eigenvalue weighted by Gasteiger charge is -1.93. The molecule has 0 saturated carbocycles. The van der Waals surface area contributed by atoms with E-state index in [0.717, 1.165) is 4.86 Å². The van der Waals surface area contributed by atoms with Gasteiger partial charge in [0.25, 0.3) is 0 Å². The van der Waals surface area contributed by atoms with E-state index in [-0.39, 0.29) is 0 Å². The molecule has 0 spiro atoms. The first kappa shape index (κ1) is 7.59. The van der Waals surface area contributed by atoms with Crippen LogP contribution in [0.5, 0.6) is 0 Å². The maximum Gasteiger partial charge on any atom is 0.0356 e. The molecular formula is C5H9NOS. The van der Waals surface area contributed by atoms with E-state index in [9.17, 15) is 0 Å². The summed E-state index contributed by atoms with van der Waals surface area (Å²) in [6.45, 7) is 3.52. The molecule has 0 aromatic carbocycles. The minimum Gasteiger partial charge on any atom is -0.291 e. The van der Waals surface area contributed by atoms with Crippen LogP contribution in [0, 0.1) is 0 Å². The van der Waals surface area contributed by atoms with Crippen LogP contribution in [0.2, 0.25) is 0 Å². The Morgan fingerprint density at radius 3 is 2.25 bits per heavy atom. The van der Waals surface area contributed by atoms with Crippen LogP contribution in [0.25, 0.3) is 0 Å². The molecule has 0 radical (unpaired) electrons. The van der Waals surface area contributed by atoms with Gasteiger partial charge < -0.3 is 0 Å². The molecule has 2 N–H and O–H groups in total. The molecule has 8 heavy (non-hydrogen) atoms. The molecule has 0 saturated heterocycles. The summed E-state index contributed by atoms with van der Waals surface area (Å²) >= 11 is 4.71. The Morgan fingerprint density at radius 2 is 2.12 bits per heavy atom. The average Bonchev–Trinajstić information content (AvgIpc) is 1.65. The summed E-state index contributed by atoms with van der Waals surface area (Å²) in [5.41, 5.74) is 2.63. The van der Waals surface area contributed by atoms with Crippen molar-refractivity contribution in [3.05, 3.63) is 11.8 Å². The predicted octanol–water partition coefficient (Wildman–Crippen LogP) is 1.26. The summed E-state index contributed by atoms with van der Waals surface area (Å²) in [5, 5.41) is 8.21. The van der Waals surface area contributed by atoms with Crippen LogP contribution in [0.4, 0.5) is 0 Å². The van der Waals surface area contributed by atoms with E-state index >= 15 is 0 Å². The predicted molar refractivity (Wildman–Crippen MR) is 37.0 cm³/mol. The highest BCUT2D eigenvalue weighted by atomic mass is 32.1. The molecule has 0 fully saturated rings. The molecular weight excluding hydrogens is 122 g/mol. The SMILES string of the molecule is CC(=S)C=C(C)NO. The highest BCUT2D eigenvalue weighted by Crippen LogP contribution is 1.85. The summed E-state index contributed by atoms with van der Waals surface area (Å²) in [4.78, 5) is 0.754. The van der Waals surface area contributed by atoms with Crippen molar-refractivity contribution in [1.82, 2.24) is 5.48 Å². The van der Waals surface area contributed by atoms with Crippen LogP contribution < -0.4 is 5.48 Å². The summed E-state index contributed by atoms with van der Waals surface area (Å²) in [6.07, 6.45) is 1.68. The molecule has 2 nitrogen and oxygen atoms in total. The van der Waals surface area contributed by atoms with Gasteiger partial charge in [-0.15, -0.1) is 0 Å². The van der Waals surface area contributed by atoms with Crippen molar-refractivity contribution in [2.75, 3.05) is 0 Å². The minimum atomic E-state index is 0.664. The third-order valence-electron chi connectivity index (χ3n) is 0.596. The molecule has 0 aromatic heterocycles. The Bertz CT molecular complexity index is 120. The van der Waals surface area contributed by atoms with E-state index in [1.54, 1.807) is 19.9 Å². The normalized spacial score (nSPS) is 11.1. The fourth-order valence-corrected chi connectivity index (χ4v) is 0.514. The number of hydroxylamine groups is 1. The molecule has 46 valence electrons. The van der Waals surface area contributed by atoms with Crippen LogP contribution in [0.3, 0.4) is 0 Å². The van der Waals surface area contributed by atoms with E-state index in [1.165, 1.54) is 0 Å². The van der Waals surface area contributed by atoms with Gasteiger partial charge in [-0.1, -0.05) is 12.2 Å². The van der Waals surface area contributed by atoms with Crippen molar-refractivity contribution in [3.63, 3.8) is 0 Å². The summed E-state index contributed by atoms with van der Waals surface area (Å²) in [5.74, 6) is 0. The smallest absolute Gasteiger partial charge is 0.0356 e. The van der Waals surface area contributed by atoms with E-state index in [4.69, 9.17) is 17.4 Å². The number of thiocarbonyl (C=S) groups is 1. The highest BCUT2D eigenvalue weighted by Gasteiger charge is 1.81. The maximum atomic E-state index is 8.21. The number of hydrogen-bond acceptors (Lipinski definition) is 3. The van der Waals surface area contributed by atoms with Gasteiger partial charge in [0.05, 0.1) is 0 Å². The zero-order chi connectivity index (χ0) is 6.57. The molecule has 0 bridgehead atoms. The lowest BCUT2D eigenvalue weighted by atomic mass is 10.4. The van der Waals surface area contributed by atoms with E-state index in [0.29, 0.717) is 5.70 Å². The fraction of sp³-hybridized carbons (Fsp3) is 0.400. The Labute approximate surface area is 54.2 Å². The van der Waals surface area contributed by atoms with Gasteiger partial charge >= 0.3 is 0 Å². The van der Waals surface area contributed by atoms with Gasteiger partial charge in [0, 0.05) is 10.6 Å². The Hall–Kier alpha value is -0.410. The fourth-order valence-electron chi connectivity index (χ4n) is 0.337. The zero-order valence-electron chi connectivity index (χ0n) is 4.93. The second-order valence-electron chi connectivity index (χ2n) is 1.55. The number of nitrogens with one attached hydrogen (secondary N) is 1. The molecule has 0 aliphatic carbocycles. The van der Waals surface area contributed by atoms with Crippen molar-refractivity contribution in [2.45, 2.75) is 13.8 Å². The molecule has 0 aromatic rings. The third-order valence-corrected chi connectivity index (χ3v) is 0.714. The zero-order valence-corrected chi connectivity index (χ0v) is 5.75. The summed E-state index contributed by atoms with van der Waals surface area (Å²) in [7, 11) is 0. The first-order valence-corrected chi connectivity index (χ1v) is 2.66. The van der Waals surface area contributed by atoms with Gasteiger partial charge in [0.1, 0.15) is 0 Å². The molecule has 3 heteroatoms. The van der Waals surface area contributed by atoms with Gasteiger partial charge in [0.15, 0.2) is 0 Å². The molecule has 0 atom stereocenters. The second-order valence-corrected chi connectivity index (χ2v) is 2.19. The minimum absolute atomic E-state index is 0.664. The van der Waals surface area contributed by atoms with Crippen molar-refractivity contribution >= 4 is 17.1 Å². The van der Waals surface area contributed by atoms with Crippen molar-refractivity contribution in [1.29, 1.82) is 0 Å². The largest absolute Gasteiger partial charge is 0.291 e. The molecule has 0 amide bonds. The number of allylic oxidation sites excluding steroid dienone is 2. The topological polar surface area (TPSA) is 32.3 Å². The van der Waals surface area contributed by atoms with Gasteiger partial charge in [0.2, 0.25) is 0 Å². The van der Waals surface area contributed by atoms with Gasteiger partial charge in [-0.25, -0.2) is 0 Å². The lowest BCUT2D eigenvalue weighted by Crippen LogP contribution is -2.03. The maximum absolute atomic E-state index is 8.21. The van der Waals surface area contributed by atoms with Gasteiger partial charge in [-0.3, -0.25) is 10.7 Å². The molecule has 0 aliphatic heterocycles. The first-order valence-electron chi connectivity index (χ1n) is 2.26. The monoisotopic (exact) mass is 131 g/mol. The van der Waals surface area contributed by atoms with Crippen molar-refractivity contribution in [2.24, 2.45) is 0 Å². The second kappa shape index (κ2) is 3.57. The summed E-state index contributed by atoms with van der Waals surface area (Å²) in [6, 6.07) is 0. The molecule has 0 rings (SSSR count). The Morgan fingerprint density at radius 1 is 1.62 bits per heavy atom. The molecule has 0 unspecified atom stereocenters. The van der Waals surface area contributed by atoms with Crippen molar-refractivity contribution in [3.8, 4) is 0 Å². The molecule has 0 aliphatic rings. The van der Waals surface area contributed by atoms with E-state index < -0.39 is 0 Å². The lowest BCUT2D eigenvalue weighted by molar-refractivity contribution is 0.201. The first-order chi connectivity index (χ1) is 3.66. The van der Waals surface area contributed by atoms with Crippen molar-refractivity contribution < 1.29 is 5.21 Å². The number of hydrogen-bond donors (Lipinski definition) is 2. The van der Waals surface area contributed by atoms with E-state index in [2.05, 4.69) is 0 Å². The van der Waals surface area contributed by atoms with Gasteiger partial charge in [-0.2, -0.15) is 0 Å². The standard InChI is InChI=1S/C5H9NOS/c1-4(6-7)3-5(2)8/h3,6-7H,1-2H3. The van der Waals surface area contributed by atoms with Crippen LogP contribution in [-0.4, -0.2) is 10.1 Å². The highest BCUT2D eigenvalue weighted by molar-refractivity contribution is 7.80. The Balaban J connectivity index is 3.75. The Kier molecular flexibility index (Phi) is 3.39.